The van der Waals surface area contributed by atoms with E-state index in [0.29, 0.717) is 6.07 Å². The van der Waals surface area contributed by atoms with Crippen LogP contribution in [0.15, 0.2) is 12.1 Å². The number of piperazine rings is 1. The highest BCUT2D eigenvalue weighted by Gasteiger charge is 2.35. The van der Waals surface area contributed by atoms with E-state index in [1.165, 1.54) is 6.92 Å². The first-order chi connectivity index (χ1) is 13.5. The molecule has 10 nitrogen and oxygen atoms in total. The Morgan fingerprint density at radius 1 is 1.24 bits per heavy atom. The van der Waals surface area contributed by atoms with Crippen LogP contribution >= 0.6 is 0 Å². The number of halogens is 3. The molecule has 0 bridgehead atoms. The normalized spacial score (nSPS) is 15.1. The van der Waals surface area contributed by atoms with Crippen molar-refractivity contribution in [1.82, 2.24) is 9.80 Å². The van der Waals surface area contributed by atoms with Crippen molar-refractivity contribution in [1.29, 1.82) is 0 Å². The van der Waals surface area contributed by atoms with Gasteiger partial charge >= 0.3 is 18.4 Å². The lowest BCUT2D eigenvalue weighted by Gasteiger charge is -2.33. The molecule has 1 fully saturated rings. The summed E-state index contributed by atoms with van der Waals surface area (Å²) in [6.07, 6.45) is -6.20. The van der Waals surface area contributed by atoms with Crippen LogP contribution in [0.5, 0.6) is 5.75 Å². The van der Waals surface area contributed by atoms with Crippen LogP contribution in [-0.2, 0) is 11.3 Å². The standard InChI is InChI=1S/C16H18F3N3O7/c1-2-28-14(23)11-8-13(29-16(17,18)19)10(7-12(11)22(26)27)9-20-3-5-21(6-4-20)15(24)25/h7-8H,2-6,9H2,1H3,(H,24,25). The van der Waals surface area contributed by atoms with Gasteiger partial charge in [-0.1, -0.05) is 0 Å². The Balaban J connectivity index is 2.38. The van der Waals surface area contributed by atoms with Crippen molar-refractivity contribution in [3.63, 3.8) is 0 Å². The molecule has 0 atom stereocenters. The van der Waals surface area contributed by atoms with Gasteiger partial charge in [-0.15, -0.1) is 13.2 Å². The van der Waals surface area contributed by atoms with E-state index >= 15 is 0 Å². The maximum atomic E-state index is 12.8. The van der Waals surface area contributed by atoms with Crippen molar-refractivity contribution in [2.75, 3.05) is 32.8 Å². The molecule has 1 amide bonds. The predicted molar refractivity (Wildman–Crippen MR) is 90.6 cm³/mol. The number of nitrogens with zero attached hydrogens (tertiary/aromatic N) is 3. The summed E-state index contributed by atoms with van der Waals surface area (Å²) < 4.78 is 47.1. The summed E-state index contributed by atoms with van der Waals surface area (Å²) in [6, 6.07) is 1.49. The topological polar surface area (TPSA) is 122 Å². The Morgan fingerprint density at radius 2 is 1.86 bits per heavy atom. The van der Waals surface area contributed by atoms with Gasteiger partial charge in [0.15, 0.2) is 0 Å². The highest BCUT2D eigenvalue weighted by molar-refractivity contribution is 5.94. The van der Waals surface area contributed by atoms with Gasteiger partial charge in [-0.25, -0.2) is 9.59 Å². The molecular weight excluding hydrogens is 403 g/mol. The third-order valence-corrected chi connectivity index (χ3v) is 4.13. The van der Waals surface area contributed by atoms with Crippen molar-refractivity contribution < 1.29 is 42.3 Å². The van der Waals surface area contributed by atoms with Crippen LogP contribution in [0.1, 0.15) is 22.8 Å². The minimum atomic E-state index is -5.08. The van der Waals surface area contributed by atoms with Gasteiger partial charge in [0.2, 0.25) is 0 Å². The molecule has 0 radical (unpaired) electrons. The quantitative estimate of drug-likeness (QED) is 0.422. The number of carbonyl (C=O) groups is 2. The van der Waals surface area contributed by atoms with Crippen LogP contribution in [-0.4, -0.2) is 71.0 Å². The van der Waals surface area contributed by atoms with Gasteiger partial charge in [0.25, 0.3) is 5.69 Å². The lowest BCUT2D eigenvalue weighted by molar-refractivity contribution is -0.385. The average molecular weight is 421 g/mol. The molecular formula is C16H18F3N3O7. The number of alkyl halides is 3. The summed E-state index contributed by atoms with van der Waals surface area (Å²) in [4.78, 5) is 36.1. The Bertz CT molecular complexity index is 793. The van der Waals surface area contributed by atoms with Gasteiger partial charge in [-0.05, 0) is 6.92 Å². The maximum Gasteiger partial charge on any atom is 0.573 e. The second-order valence-corrected chi connectivity index (χ2v) is 6.05. The Kier molecular flexibility index (Phi) is 6.84. The molecule has 1 heterocycles. The number of hydrogen-bond acceptors (Lipinski definition) is 7. The first-order valence-corrected chi connectivity index (χ1v) is 8.46. The SMILES string of the molecule is CCOC(=O)c1cc(OC(F)(F)F)c(CN2CCN(C(=O)O)CC2)cc1[N+](=O)[O-]. The molecule has 160 valence electrons. The molecule has 1 saturated heterocycles. The van der Waals surface area contributed by atoms with Gasteiger partial charge in [0, 0.05) is 50.4 Å². The molecule has 1 N–H and O–H groups in total. The summed E-state index contributed by atoms with van der Waals surface area (Å²) in [7, 11) is 0. The zero-order valence-electron chi connectivity index (χ0n) is 15.3. The molecule has 0 saturated carbocycles. The number of rotatable bonds is 6. The highest BCUT2D eigenvalue weighted by Crippen LogP contribution is 2.34. The lowest BCUT2D eigenvalue weighted by atomic mass is 10.1. The van der Waals surface area contributed by atoms with Crippen molar-refractivity contribution in [3.8, 4) is 5.75 Å². The van der Waals surface area contributed by atoms with Crippen LogP contribution in [0.2, 0.25) is 0 Å². The van der Waals surface area contributed by atoms with E-state index in [1.54, 1.807) is 4.90 Å². The smallest absolute Gasteiger partial charge is 0.465 e. The molecule has 13 heteroatoms. The molecule has 29 heavy (non-hydrogen) atoms. The molecule has 0 unspecified atom stereocenters. The van der Waals surface area contributed by atoms with Crippen LogP contribution < -0.4 is 4.74 Å². The number of ether oxygens (including phenoxy) is 2. The predicted octanol–water partition coefficient (Wildman–Crippen LogP) is 2.47. The molecule has 1 aromatic carbocycles. The molecule has 0 aromatic heterocycles. The monoisotopic (exact) mass is 421 g/mol. The summed E-state index contributed by atoms with van der Waals surface area (Å²) >= 11 is 0. The molecule has 1 aromatic rings. The first-order valence-electron chi connectivity index (χ1n) is 8.46. The van der Waals surface area contributed by atoms with E-state index in [9.17, 15) is 32.9 Å². The molecule has 2 rings (SSSR count). The zero-order chi connectivity index (χ0) is 21.8. The Labute approximate surface area is 162 Å². The minimum absolute atomic E-state index is 0.124. The van der Waals surface area contributed by atoms with Gasteiger partial charge in [-0.3, -0.25) is 15.0 Å². The Hall–Kier alpha value is -3.09. The number of esters is 1. The van der Waals surface area contributed by atoms with Gasteiger partial charge in [0.05, 0.1) is 11.5 Å². The highest BCUT2D eigenvalue weighted by atomic mass is 19.4. The average Bonchev–Trinajstić information content (AvgIpc) is 2.62. The third-order valence-electron chi connectivity index (χ3n) is 4.13. The van der Waals surface area contributed by atoms with E-state index in [1.807, 2.05) is 0 Å². The number of nitro benzene ring substituents is 1. The third kappa shape index (κ3) is 5.94. The van der Waals surface area contributed by atoms with E-state index in [4.69, 9.17) is 5.11 Å². The second kappa shape index (κ2) is 8.94. The van der Waals surface area contributed by atoms with E-state index in [2.05, 4.69) is 9.47 Å². The van der Waals surface area contributed by atoms with E-state index in [0.717, 1.165) is 11.0 Å². The number of benzene rings is 1. The molecule has 0 aliphatic carbocycles. The lowest BCUT2D eigenvalue weighted by Crippen LogP contribution is -2.47. The van der Waals surface area contributed by atoms with Crippen molar-refractivity contribution >= 4 is 17.7 Å². The number of nitro groups is 1. The number of carboxylic acid groups (broad SMARTS) is 1. The van der Waals surface area contributed by atoms with Crippen LogP contribution in [0.4, 0.5) is 23.7 Å². The van der Waals surface area contributed by atoms with Gasteiger partial charge in [0.1, 0.15) is 11.3 Å². The zero-order valence-corrected chi connectivity index (χ0v) is 15.3. The maximum absolute atomic E-state index is 12.8. The van der Waals surface area contributed by atoms with Crippen LogP contribution in [0, 0.1) is 10.1 Å². The van der Waals surface area contributed by atoms with Gasteiger partial charge < -0.3 is 19.5 Å². The van der Waals surface area contributed by atoms with Gasteiger partial charge in [-0.2, -0.15) is 0 Å². The van der Waals surface area contributed by atoms with E-state index in [-0.39, 0.29) is 44.9 Å². The van der Waals surface area contributed by atoms with Crippen molar-refractivity contribution in [2.24, 2.45) is 0 Å². The summed E-state index contributed by atoms with van der Waals surface area (Å²) in [5.41, 5.74) is -1.53. The van der Waals surface area contributed by atoms with Crippen LogP contribution in [0.25, 0.3) is 0 Å². The summed E-state index contributed by atoms with van der Waals surface area (Å²) in [5, 5.41) is 20.3. The fourth-order valence-corrected chi connectivity index (χ4v) is 2.82. The summed E-state index contributed by atoms with van der Waals surface area (Å²) in [6.45, 7) is 1.85. The summed E-state index contributed by atoms with van der Waals surface area (Å²) in [5.74, 6) is -1.90. The second-order valence-electron chi connectivity index (χ2n) is 6.05. The van der Waals surface area contributed by atoms with Crippen molar-refractivity contribution in [2.45, 2.75) is 19.8 Å². The molecule has 1 aliphatic rings. The largest absolute Gasteiger partial charge is 0.573 e. The van der Waals surface area contributed by atoms with Crippen molar-refractivity contribution in [3.05, 3.63) is 33.4 Å². The number of amides is 1. The van der Waals surface area contributed by atoms with E-state index < -0.39 is 40.3 Å². The minimum Gasteiger partial charge on any atom is -0.465 e. The fraction of sp³-hybridized carbons (Fsp3) is 0.500. The molecule has 0 spiro atoms. The fourth-order valence-electron chi connectivity index (χ4n) is 2.82. The Morgan fingerprint density at radius 3 is 2.34 bits per heavy atom. The number of carbonyl (C=O) groups excluding carboxylic acids is 1. The van der Waals surface area contributed by atoms with Crippen LogP contribution in [0.3, 0.4) is 0 Å². The first kappa shape index (κ1) is 22.2. The number of hydrogen-bond donors (Lipinski definition) is 1. The molecule has 1 aliphatic heterocycles.